The summed E-state index contributed by atoms with van der Waals surface area (Å²) in [4.78, 5) is 1.97. The van der Waals surface area contributed by atoms with Gasteiger partial charge in [0.15, 0.2) is 5.11 Å². The molecule has 1 aromatic carbocycles. The zero-order valence-electron chi connectivity index (χ0n) is 11.5. The van der Waals surface area contributed by atoms with Crippen LogP contribution in [0.3, 0.4) is 0 Å². The smallest absolute Gasteiger partial charge is 0.175 e. The van der Waals surface area contributed by atoms with Gasteiger partial charge in [0.2, 0.25) is 0 Å². The second-order valence-corrected chi connectivity index (χ2v) is 5.45. The predicted octanol–water partition coefficient (Wildman–Crippen LogP) is 3.74. The Balaban J connectivity index is 1.99. The fourth-order valence-electron chi connectivity index (χ4n) is 1.85. The van der Waals surface area contributed by atoms with Crippen molar-refractivity contribution in [2.24, 2.45) is 0 Å². The lowest BCUT2D eigenvalue weighted by Crippen LogP contribution is -2.27. The third kappa shape index (κ3) is 3.99. The van der Waals surface area contributed by atoms with Crippen LogP contribution in [-0.2, 0) is 0 Å². The summed E-state index contributed by atoms with van der Waals surface area (Å²) >= 11 is 11.5. The van der Waals surface area contributed by atoms with E-state index in [0.717, 1.165) is 23.5 Å². The van der Waals surface area contributed by atoms with Crippen molar-refractivity contribution in [3.8, 4) is 0 Å². The van der Waals surface area contributed by atoms with Crippen LogP contribution in [0, 0.1) is 6.42 Å². The first kappa shape index (κ1) is 14.9. The van der Waals surface area contributed by atoms with Gasteiger partial charge in [-0.25, -0.2) is 0 Å². The van der Waals surface area contributed by atoms with Crippen molar-refractivity contribution < 1.29 is 0 Å². The van der Waals surface area contributed by atoms with Crippen LogP contribution in [0.2, 0.25) is 5.02 Å². The second-order valence-electron chi connectivity index (χ2n) is 4.63. The molecule has 5 heteroatoms. The highest BCUT2D eigenvalue weighted by molar-refractivity contribution is 7.80. The van der Waals surface area contributed by atoms with Gasteiger partial charge < -0.3 is 15.5 Å². The molecular formula is C15H17ClN3S. The van der Waals surface area contributed by atoms with Gasteiger partial charge in [-0.2, -0.15) is 0 Å². The van der Waals surface area contributed by atoms with E-state index < -0.39 is 0 Å². The van der Waals surface area contributed by atoms with E-state index >= 15 is 0 Å². The number of rotatable bonds is 3. The summed E-state index contributed by atoms with van der Waals surface area (Å²) in [6.45, 7) is 0. The van der Waals surface area contributed by atoms with E-state index in [-0.39, 0.29) is 0 Å². The Hall–Kier alpha value is -1.52. The lowest BCUT2D eigenvalue weighted by molar-refractivity contribution is 1.11. The summed E-state index contributed by atoms with van der Waals surface area (Å²) in [5.74, 6) is 0. The molecule has 0 heterocycles. The topological polar surface area (TPSA) is 27.3 Å². The Morgan fingerprint density at radius 2 is 2.10 bits per heavy atom. The SMILES string of the molecule is CN(C)c1ccc(NC(=S)NC2=CC[CH]C=C2)cc1Cl. The van der Waals surface area contributed by atoms with Crippen molar-refractivity contribution in [3.63, 3.8) is 0 Å². The molecule has 0 saturated carbocycles. The number of halogens is 1. The van der Waals surface area contributed by atoms with E-state index in [0.29, 0.717) is 10.1 Å². The van der Waals surface area contributed by atoms with Gasteiger partial charge in [0.25, 0.3) is 0 Å². The summed E-state index contributed by atoms with van der Waals surface area (Å²) < 4.78 is 0. The second kappa shape index (κ2) is 6.77. The average Bonchev–Trinajstić information content (AvgIpc) is 2.39. The molecule has 0 aliphatic heterocycles. The summed E-state index contributed by atoms with van der Waals surface area (Å²) in [5.41, 5.74) is 2.84. The zero-order valence-corrected chi connectivity index (χ0v) is 13.1. The van der Waals surface area contributed by atoms with Crippen LogP contribution in [0.4, 0.5) is 11.4 Å². The molecular weight excluding hydrogens is 290 g/mol. The zero-order chi connectivity index (χ0) is 14.5. The van der Waals surface area contributed by atoms with E-state index in [4.69, 9.17) is 23.8 Å². The maximum absolute atomic E-state index is 6.23. The monoisotopic (exact) mass is 306 g/mol. The first-order valence-corrected chi connectivity index (χ1v) is 7.10. The standard InChI is InChI=1S/C15H17ClN3S/c1-19(2)14-9-8-12(10-13(14)16)18-15(20)17-11-6-4-3-5-7-11/h3-4,6-10H,5H2,1-2H3,(H2,17,18,20). The molecule has 1 aliphatic rings. The molecule has 0 spiro atoms. The average molecular weight is 307 g/mol. The van der Waals surface area contributed by atoms with Crippen molar-refractivity contribution >= 4 is 40.3 Å². The van der Waals surface area contributed by atoms with Gasteiger partial charge in [0.05, 0.1) is 10.7 Å². The van der Waals surface area contributed by atoms with Crippen molar-refractivity contribution in [1.82, 2.24) is 5.32 Å². The Kier molecular flexibility index (Phi) is 5.04. The van der Waals surface area contributed by atoms with E-state index in [1.54, 1.807) is 0 Å². The van der Waals surface area contributed by atoms with Crippen molar-refractivity contribution in [3.05, 3.63) is 53.6 Å². The third-order valence-electron chi connectivity index (χ3n) is 2.83. The summed E-state index contributed by atoms with van der Waals surface area (Å²) in [7, 11) is 3.92. The number of nitrogens with one attached hydrogen (secondary N) is 2. The molecule has 3 nitrogen and oxygen atoms in total. The largest absolute Gasteiger partial charge is 0.376 e. The quantitative estimate of drug-likeness (QED) is 0.832. The van der Waals surface area contributed by atoms with Gasteiger partial charge in [-0.3, -0.25) is 0 Å². The van der Waals surface area contributed by atoms with Crippen molar-refractivity contribution in [2.75, 3.05) is 24.3 Å². The molecule has 0 fully saturated rings. The van der Waals surface area contributed by atoms with Gasteiger partial charge in [0.1, 0.15) is 0 Å². The molecule has 0 bridgehead atoms. The van der Waals surface area contributed by atoms with Crippen LogP contribution in [0.5, 0.6) is 0 Å². The Morgan fingerprint density at radius 3 is 2.70 bits per heavy atom. The molecule has 0 atom stereocenters. The summed E-state index contributed by atoms with van der Waals surface area (Å²) in [6.07, 6.45) is 9.08. The van der Waals surface area contributed by atoms with Crippen LogP contribution < -0.4 is 15.5 Å². The normalized spacial score (nSPS) is 13.7. The van der Waals surface area contributed by atoms with Gasteiger partial charge in [-0.05, 0) is 49.3 Å². The molecule has 1 aliphatic carbocycles. The maximum atomic E-state index is 6.23. The number of thiocarbonyl (C=S) groups is 1. The van der Waals surface area contributed by atoms with Crippen molar-refractivity contribution in [1.29, 1.82) is 0 Å². The van der Waals surface area contributed by atoms with E-state index in [2.05, 4.69) is 23.1 Å². The van der Waals surface area contributed by atoms with Crippen molar-refractivity contribution in [2.45, 2.75) is 6.42 Å². The molecule has 1 radical (unpaired) electrons. The van der Waals surface area contributed by atoms with E-state index in [1.165, 1.54) is 0 Å². The summed E-state index contributed by atoms with van der Waals surface area (Å²) in [6, 6.07) is 5.78. The highest BCUT2D eigenvalue weighted by Gasteiger charge is 2.05. The lowest BCUT2D eigenvalue weighted by atomic mass is 10.1. The molecule has 2 N–H and O–H groups in total. The highest BCUT2D eigenvalue weighted by atomic mass is 35.5. The minimum Gasteiger partial charge on any atom is -0.376 e. The molecule has 20 heavy (non-hydrogen) atoms. The Morgan fingerprint density at radius 1 is 1.30 bits per heavy atom. The van der Waals surface area contributed by atoms with Gasteiger partial charge in [-0.1, -0.05) is 23.8 Å². The van der Waals surface area contributed by atoms with Crippen LogP contribution >= 0.6 is 23.8 Å². The maximum Gasteiger partial charge on any atom is 0.175 e. The van der Waals surface area contributed by atoms with Crippen LogP contribution in [0.25, 0.3) is 0 Å². The fraction of sp³-hybridized carbons (Fsp3) is 0.200. The minimum atomic E-state index is 0.552. The first-order chi connectivity index (χ1) is 9.56. The van der Waals surface area contributed by atoms with Gasteiger partial charge >= 0.3 is 0 Å². The number of anilines is 2. The van der Waals surface area contributed by atoms with Crippen LogP contribution in [0.15, 0.2) is 42.1 Å². The molecule has 0 unspecified atom stereocenters. The van der Waals surface area contributed by atoms with Crippen LogP contribution in [0.1, 0.15) is 6.42 Å². The third-order valence-corrected chi connectivity index (χ3v) is 3.34. The minimum absolute atomic E-state index is 0.552. The highest BCUT2D eigenvalue weighted by Crippen LogP contribution is 2.27. The number of hydrogen-bond donors (Lipinski definition) is 2. The number of benzene rings is 1. The lowest BCUT2D eigenvalue weighted by Gasteiger charge is -2.17. The number of nitrogens with zero attached hydrogens (tertiary/aromatic N) is 1. The first-order valence-electron chi connectivity index (χ1n) is 6.31. The molecule has 0 saturated heterocycles. The van der Waals surface area contributed by atoms with Gasteiger partial charge in [0, 0.05) is 25.5 Å². The molecule has 1 aromatic rings. The number of hydrogen-bond acceptors (Lipinski definition) is 2. The molecule has 0 amide bonds. The fourth-order valence-corrected chi connectivity index (χ4v) is 2.43. The van der Waals surface area contributed by atoms with Gasteiger partial charge in [-0.15, -0.1) is 0 Å². The van der Waals surface area contributed by atoms with E-state index in [1.807, 2.05) is 49.3 Å². The number of allylic oxidation sites excluding steroid dienone is 3. The Labute approximate surface area is 130 Å². The molecule has 105 valence electrons. The summed E-state index contributed by atoms with van der Waals surface area (Å²) in [5, 5.41) is 7.52. The predicted molar refractivity (Wildman–Crippen MR) is 91.3 cm³/mol. The van der Waals surface area contributed by atoms with Crippen LogP contribution in [-0.4, -0.2) is 19.2 Å². The van der Waals surface area contributed by atoms with E-state index in [9.17, 15) is 0 Å². The Bertz CT molecular complexity index is 564. The molecule has 2 rings (SSSR count). The molecule has 0 aromatic heterocycles.